The zero-order valence-corrected chi connectivity index (χ0v) is 13.2. The molecule has 0 unspecified atom stereocenters. The minimum absolute atomic E-state index is 0.00780. The summed E-state index contributed by atoms with van der Waals surface area (Å²) in [4.78, 5) is 20.7. The lowest BCUT2D eigenvalue weighted by molar-refractivity contribution is -0.118. The van der Waals surface area contributed by atoms with E-state index in [0.717, 1.165) is 36.4 Å². The number of nitrogens with zero attached hydrogens (tertiary/aromatic N) is 3. The molecule has 4 rings (SSSR count). The van der Waals surface area contributed by atoms with Gasteiger partial charge in [-0.1, -0.05) is 12.1 Å². The van der Waals surface area contributed by atoms with E-state index in [4.69, 9.17) is 4.74 Å². The maximum atomic E-state index is 12.0. The maximum absolute atomic E-state index is 12.0. The molecule has 2 aromatic heterocycles. The number of anilines is 1. The van der Waals surface area contributed by atoms with Gasteiger partial charge >= 0.3 is 0 Å². The van der Waals surface area contributed by atoms with Gasteiger partial charge in [-0.2, -0.15) is 0 Å². The molecule has 1 aromatic carbocycles. The molecule has 0 radical (unpaired) electrons. The SMILES string of the molecule is O=C(C[C@H]1CCCO1)Nc1ccc(-c2cn3cccnc3n2)cc1. The Morgan fingerprint density at radius 1 is 1.33 bits per heavy atom. The van der Waals surface area contributed by atoms with E-state index < -0.39 is 0 Å². The third-order valence-electron chi connectivity index (χ3n) is 4.14. The van der Waals surface area contributed by atoms with E-state index in [1.54, 1.807) is 6.20 Å². The van der Waals surface area contributed by atoms with Gasteiger partial charge in [-0.25, -0.2) is 9.97 Å². The number of rotatable bonds is 4. The van der Waals surface area contributed by atoms with Crippen LogP contribution in [0.1, 0.15) is 19.3 Å². The summed E-state index contributed by atoms with van der Waals surface area (Å²) >= 11 is 0. The van der Waals surface area contributed by atoms with Crippen LogP contribution in [-0.4, -0.2) is 33.0 Å². The number of imidazole rings is 1. The zero-order valence-electron chi connectivity index (χ0n) is 13.2. The van der Waals surface area contributed by atoms with Crippen molar-refractivity contribution in [3.8, 4) is 11.3 Å². The Morgan fingerprint density at radius 2 is 2.21 bits per heavy atom. The number of hydrogen-bond acceptors (Lipinski definition) is 4. The standard InChI is InChI=1S/C18H18N4O2/c23-17(11-15-3-1-10-24-15)20-14-6-4-13(5-7-14)16-12-22-9-2-8-19-18(22)21-16/h2,4-9,12,15H,1,3,10-11H2,(H,20,23)/t15-/m1/s1. The molecule has 6 heteroatoms. The molecule has 3 aromatic rings. The summed E-state index contributed by atoms with van der Waals surface area (Å²) in [6.07, 6.45) is 8.06. The maximum Gasteiger partial charge on any atom is 0.234 e. The summed E-state index contributed by atoms with van der Waals surface area (Å²) in [7, 11) is 0. The van der Waals surface area contributed by atoms with Gasteiger partial charge in [-0.05, 0) is 31.0 Å². The van der Waals surface area contributed by atoms with Gasteiger partial charge in [0.1, 0.15) is 0 Å². The van der Waals surface area contributed by atoms with Crippen LogP contribution in [0.15, 0.2) is 48.9 Å². The van der Waals surface area contributed by atoms with E-state index in [1.807, 2.05) is 47.1 Å². The fourth-order valence-corrected chi connectivity index (χ4v) is 2.92. The third-order valence-corrected chi connectivity index (χ3v) is 4.14. The molecule has 122 valence electrons. The number of nitrogens with one attached hydrogen (secondary N) is 1. The molecule has 1 amide bonds. The number of carbonyl (C=O) groups excluding carboxylic acids is 1. The molecule has 0 aliphatic carbocycles. The number of hydrogen-bond donors (Lipinski definition) is 1. The van der Waals surface area contributed by atoms with Gasteiger partial charge in [0.15, 0.2) is 0 Å². The van der Waals surface area contributed by atoms with Crippen LogP contribution in [0.25, 0.3) is 17.0 Å². The minimum Gasteiger partial charge on any atom is -0.378 e. The van der Waals surface area contributed by atoms with Gasteiger partial charge < -0.3 is 10.1 Å². The van der Waals surface area contributed by atoms with Crippen molar-refractivity contribution < 1.29 is 9.53 Å². The zero-order chi connectivity index (χ0) is 16.4. The van der Waals surface area contributed by atoms with E-state index in [2.05, 4.69) is 15.3 Å². The largest absolute Gasteiger partial charge is 0.378 e. The fraction of sp³-hybridized carbons (Fsp3) is 0.278. The molecule has 1 aliphatic heterocycles. The van der Waals surface area contributed by atoms with Crippen LogP contribution in [0.5, 0.6) is 0 Å². The quantitative estimate of drug-likeness (QED) is 0.802. The van der Waals surface area contributed by atoms with E-state index in [0.29, 0.717) is 12.2 Å². The molecule has 1 saturated heterocycles. The second-order valence-corrected chi connectivity index (χ2v) is 5.92. The van der Waals surface area contributed by atoms with Gasteiger partial charge in [0.25, 0.3) is 0 Å². The van der Waals surface area contributed by atoms with Crippen molar-refractivity contribution in [1.82, 2.24) is 14.4 Å². The highest BCUT2D eigenvalue weighted by molar-refractivity contribution is 5.91. The van der Waals surface area contributed by atoms with Gasteiger partial charge in [0, 0.05) is 36.4 Å². The Kier molecular flexibility index (Phi) is 3.96. The van der Waals surface area contributed by atoms with Gasteiger partial charge in [-0.3, -0.25) is 9.20 Å². The normalized spacial score (nSPS) is 17.2. The molecule has 1 atom stereocenters. The van der Waals surface area contributed by atoms with Crippen molar-refractivity contribution in [1.29, 1.82) is 0 Å². The molecule has 1 aliphatic rings. The molecule has 0 spiro atoms. The lowest BCUT2D eigenvalue weighted by Crippen LogP contribution is -2.19. The molecule has 3 heterocycles. The molecular formula is C18H18N4O2. The smallest absolute Gasteiger partial charge is 0.234 e. The predicted octanol–water partition coefficient (Wildman–Crippen LogP) is 2.90. The van der Waals surface area contributed by atoms with Crippen molar-refractivity contribution >= 4 is 17.4 Å². The highest BCUT2D eigenvalue weighted by Gasteiger charge is 2.19. The van der Waals surface area contributed by atoms with Crippen LogP contribution in [0.4, 0.5) is 5.69 Å². The molecule has 0 saturated carbocycles. The van der Waals surface area contributed by atoms with Crippen LogP contribution in [0.3, 0.4) is 0 Å². The first-order valence-corrected chi connectivity index (χ1v) is 8.09. The Bertz CT molecular complexity index is 818. The predicted molar refractivity (Wildman–Crippen MR) is 90.6 cm³/mol. The van der Waals surface area contributed by atoms with Crippen molar-refractivity contribution in [3.05, 3.63) is 48.9 Å². The number of amides is 1. The summed E-state index contributed by atoms with van der Waals surface area (Å²) in [5.74, 6) is 0.660. The Labute approximate surface area is 139 Å². The van der Waals surface area contributed by atoms with E-state index in [1.165, 1.54) is 0 Å². The molecular weight excluding hydrogens is 304 g/mol. The summed E-state index contributed by atoms with van der Waals surface area (Å²) in [5.41, 5.74) is 2.62. The van der Waals surface area contributed by atoms with Crippen molar-refractivity contribution in [2.24, 2.45) is 0 Å². The molecule has 1 N–H and O–H groups in total. The van der Waals surface area contributed by atoms with Crippen molar-refractivity contribution in [3.63, 3.8) is 0 Å². The van der Waals surface area contributed by atoms with E-state index >= 15 is 0 Å². The Balaban J connectivity index is 1.45. The van der Waals surface area contributed by atoms with Crippen molar-refractivity contribution in [2.75, 3.05) is 11.9 Å². The van der Waals surface area contributed by atoms with Gasteiger partial charge in [0.05, 0.1) is 18.2 Å². The summed E-state index contributed by atoms with van der Waals surface area (Å²) in [6, 6.07) is 9.54. The fourth-order valence-electron chi connectivity index (χ4n) is 2.92. The number of aromatic nitrogens is 3. The average molecular weight is 322 g/mol. The number of fused-ring (bicyclic) bond motifs is 1. The molecule has 24 heavy (non-hydrogen) atoms. The number of carbonyl (C=O) groups is 1. The van der Waals surface area contributed by atoms with Gasteiger partial charge in [0.2, 0.25) is 11.7 Å². The Hall–Kier alpha value is -2.73. The molecule has 6 nitrogen and oxygen atoms in total. The van der Waals surface area contributed by atoms with E-state index in [-0.39, 0.29) is 12.0 Å². The van der Waals surface area contributed by atoms with Crippen LogP contribution < -0.4 is 5.32 Å². The summed E-state index contributed by atoms with van der Waals surface area (Å²) in [6.45, 7) is 0.764. The van der Waals surface area contributed by atoms with Crippen molar-refractivity contribution in [2.45, 2.75) is 25.4 Å². The summed E-state index contributed by atoms with van der Waals surface area (Å²) in [5, 5.41) is 2.92. The summed E-state index contributed by atoms with van der Waals surface area (Å²) < 4.78 is 7.37. The van der Waals surface area contributed by atoms with Gasteiger partial charge in [-0.15, -0.1) is 0 Å². The second-order valence-electron chi connectivity index (χ2n) is 5.92. The second kappa shape index (κ2) is 6.41. The first kappa shape index (κ1) is 14.8. The van der Waals surface area contributed by atoms with E-state index in [9.17, 15) is 4.79 Å². The lowest BCUT2D eigenvalue weighted by atomic mass is 10.1. The third kappa shape index (κ3) is 3.14. The average Bonchev–Trinajstić information content (AvgIpc) is 3.24. The number of benzene rings is 1. The first-order valence-electron chi connectivity index (χ1n) is 8.09. The first-order chi connectivity index (χ1) is 11.8. The molecule has 1 fully saturated rings. The van der Waals surface area contributed by atoms with Crippen LogP contribution in [-0.2, 0) is 9.53 Å². The topological polar surface area (TPSA) is 68.5 Å². The lowest BCUT2D eigenvalue weighted by Gasteiger charge is -2.10. The van der Waals surface area contributed by atoms with Crippen LogP contribution in [0.2, 0.25) is 0 Å². The molecule has 0 bridgehead atoms. The Morgan fingerprint density at radius 3 is 2.96 bits per heavy atom. The monoisotopic (exact) mass is 322 g/mol. The number of ether oxygens (including phenoxy) is 1. The highest BCUT2D eigenvalue weighted by Crippen LogP contribution is 2.21. The minimum atomic E-state index is -0.00780. The highest BCUT2D eigenvalue weighted by atomic mass is 16.5. The van der Waals surface area contributed by atoms with Crippen LogP contribution >= 0.6 is 0 Å². The van der Waals surface area contributed by atoms with Crippen LogP contribution in [0, 0.1) is 0 Å².